The number of quaternary nitrogens is 1. The molecular weight excluding hydrogens is 542 g/mol. The molecule has 0 bridgehead atoms. The predicted molar refractivity (Wildman–Crippen MR) is 156 cm³/mol. The summed E-state index contributed by atoms with van der Waals surface area (Å²) in [6.45, 7) is 3.54. The fourth-order valence-corrected chi connectivity index (χ4v) is 5.73. The van der Waals surface area contributed by atoms with Gasteiger partial charge in [-0.05, 0) is 12.8 Å². The maximum absolute atomic E-state index is 10.4. The Hall–Kier alpha value is -0.640. The van der Waals surface area contributed by atoms with E-state index in [0.717, 1.165) is 11.0 Å². The smallest absolute Gasteiger partial charge is 0.476 e. The maximum Gasteiger partial charge on any atom is 0.476 e. The van der Waals surface area contributed by atoms with Gasteiger partial charge in [-0.1, -0.05) is 114 Å². The van der Waals surface area contributed by atoms with Gasteiger partial charge >= 0.3 is 7.82 Å². The number of phosphoric ester groups is 1. The Kier molecular flexibility index (Phi) is 24.9. The van der Waals surface area contributed by atoms with Gasteiger partial charge in [-0.3, -0.25) is 4.57 Å². The molecule has 0 aromatic heterocycles. The standard InChI is InChI=1S/C25H46N.C2H8O8P2.H3N/c1-4-5-6-7-8-9-10-11-12-13-14-15-16-20-23-26(2,3)24-25-21-18-17-19-22-25;3-1-2-9-12(7,8)10-11(4,5)6;/h17-19,21-22H,4-16,20,23-24H2,1-3H3;3H,1-2H2,(H,7,8)(H2,4,5,6);1H3/q+1;;/p-1. The van der Waals surface area contributed by atoms with Crippen LogP contribution in [0.2, 0.25) is 0 Å². The van der Waals surface area contributed by atoms with E-state index in [1.807, 2.05) is 0 Å². The van der Waals surface area contributed by atoms with Crippen LogP contribution in [0.3, 0.4) is 0 Å². The van der Waals surface area contributed by atoms with Crippen molar-refractivity contribution < 1.29 is 42.2 Å². The zero-order valence-corrected chi connectivity index (χ0v) is 26.3. The average molecular weight is 599 g/mol. The number of aliphatic hydroxyl groups is 1. The zero-order valence-electron chi connectivity index (χ0n) is 24.5. The monoisotopic (exact) mass is 598 g/mol. The van der Waals surface area contributed by atoms with Crippen LogP contribution in [0.1, 0.15) is 102 Å². The Morgan fingerprint density at radius 1 is 0.795 bits per heavy atom. The van der Waals surface area contributed by atoms with E-state index in [1.165, 1.54) is 102 Å². The minimum Gasteiger partial charge on any atom is -0.756 e. The predicted octanol–water partition coefficient (Wildman–Crippen LogP) is 6.48. The molecule has 0 aliphatic rings. The normalized spacial score (nSPS) is 13.2. The fourth-order valence-electron chi connectivity index (χ4n) is 4.20. The Morgan fingerprint density at radius 3 is 1.64 bits per heavy atom. The lowest BCUT2D eigenvalue weighted by atomic mass is 10.0. The summed E-state index contributed by atoms with van der Waals surface area (Å²) < 4.78 is 28.5. The zero-order chi connectivity index (χ0) is 28.8. The molecule has 0 saturated carbocycles. The Morgan fingerprint density at radius 2 is 1.23 bits per heavy atom. The number of hydrogen-bond acceptors (Lipinski definition) is 7. The molecule has 39 heavy (non-hydrogen) atoms. The number of aliphatic hydroxyl groups excluding tert-OH is 1. The first-order valence-electron chi connectivity index (χ1n) is 14.1. The number of nitrogens with zero attached hydrogens (tertiary/aromatic N) is 1. The van der Waals surface area contributed by atoms with E-state index in [1.54, 1.807) is 0 Å². The largest absolute Gasteiger partial charge is 0.756 e. The maximum atomic E-state index is 10.4. The number of hydrogen-bond donors (Lipinski definition) is 4. The van der Waals surface area contributed by atoms with Gasteiger partial charge in [-0.15, -0.1) is 0 Å². The quantitative estimate of drug-likeness (QED) is 0.0662. The summed E-state index contributed by atoms with van der Waals surface area (Å²) in [5, 5.41) is 8.09. The van der Waals surface area contributed by atoms with E-state index < -0.39 is 28.9 Å². The molecule has 0 fully saturated rings. The number of phosphoric acid groups is 2. The van der Waals surface area contributed by atoms with E-state index in [2.05, 4.69) is 60.2 Å². The summed E-state index contributed by atoms with van der Waals surface area (Å²) in [6, 6.07) is 10.9. The van der Waals surface area contributed by atoms with Crippen LogP contribution in [0, 0.1) is 0 Å². The van der Waals surface area contributed by atoms with E-state index in [4.69, 9.17) is 14.9 Å². The van der Waals surface area contributed by atoms with Crippen LogP contribution in [0.5, 0.6) is 0 Å². The van der Waals surface area contributed by atoms with Gasteiger partial charge in [0.1, 0.15) is 6.54 Å². The third-order valence-corrected chi connectivity index (χ3v) is 8.27. The molecule has 0 heterocycles. The van der Waals surface area contributed by atoms with Crippen LogP contribution in [0.4, 0.5) is 0 Å². The van der Waals surface area contributed by atoms with Crippen LogP contribution in [-0.4, -0.2) is 53.2 Å². The lowest BCUT2D eigenvalue weighted by Gasteiger charge is -2.30. The van der Waals surface area contributed by atoms with Crippen LogP contribution >= 0.6 is 15.6 Å². The summed E-state index contributed by atoms with van der Waals surface area (Å²) in [6.07, 6.45) is 20.2. The van der Waals surface area contributed by atoms with Crippen LogP contribution in [0.15, 0.2) is 30.3 Å². The summed E-state index contributed by atoms with van der Waals surface area (Å²) >= 11 is 0. The van der Waals surface area contributed by atoms with Crippen molar-refractivity contribution in [2.45, 2.75) is 103 Å². The second kappa shape index (κ2) is 24.0. The molecule has 0 spiro atoms. The van der Waals surface area contributed by atoms with Gasteiger partial charge in [0, 0.05) is 5.56 Å². The van der Waals surface area contributed by atoms with Gasteiger partial charge in [0.05, 0.1) is 33.9 Å². The lowest BCUT2D eigenvalue weighted by Crippen LogP contribution is -2.39. The van der Waals surface area contributed by atoms with Gasteiger partial charge in [0.25, 0.3) is 7.82 Å². The summed E-state index contributed by atoms with van der Waals surface area (Å²) in [5.41, 5.74) is 1.46. The first-order chi connectivity index (χ1) is 17.9. The molecule has 0 saturated heterocycles. The van der Waals surface area contributed by atoms with Crippen molar-refractivity contribution in [3.63, 3.8) is 0 Å². The molecule has 0 amide bonds. The molecule has 1 aromatic rings. The number of benzene rings is 1. The van der Waals surface area contributed by atoms with E-state index in [9.17, 15) is 14.0 Å². The lowest BCUT2D eigenvalue weighted by molar-refractivity contribution is -0.903. The molecule has 1 unspecified atom stereocenters. The van der Waals surface area contributed by atoms with Crippen molar-refractivity contribution in [2.75, 3.05) is 33.9 Å². The second-order valence-electron chi connectivity index (χ2n) is 10.5. The van der Waals surface area contributed by atoms with Gasteiger partial charge in [-0.25, -0.2) is 8.88 Å². The van der Waals surface area contributed by atoms with Crippen LogP contribution < -0.4 is 11.0 Å². The Labute approximate surface area is 237 Å². The second-order valence-corrected chi connectivity index (χ2v) is 13.3. The topological polar surface area (TPSA) is 171 Å². The average Bonchev–Trinajstić information content (AvgIpc) is 2.82. The highest BCUT2D eigenvalue weighted by molar-refractivity contribution is 7.60. The number of rotatable bonds is 22. The summed E-state index contributed by atoms with van der Waals surface area (Å²) in [5.74, 6) is 0. The number of unbranched alkanes of at least 4 members (excludes halogenated alkanes) is 13. The third kappa shape index (κ3) is 28.7. The first kappa shape index (κ1) is 40.5. The van der Waals surface area contributed by atoms with E-state index >= 15 is 0 Å². The van der Waals surface area contributed by atoms with Crippen molar-refractivity contribution >= 4 is 15.6 Å². The SMILES string of the molecule is CCCCCCCCCCCCCCCC[N+](C)(C)Cc1ccccc1.N.O=P(O)(O)OP(=O)([O-])OCCO. The highest BCUT2D eigenvalue weighted by Crippen LogP contribution is 2.54. The van der Waals surface area contributed by atoms with Crippen molar-refractivity contribution in [1.82, 2.24) is 6.15 Å². The third-order valence-electron chi connectivity index (χ3n) is 6.12. The molecule has 0 aliphatic heterocycles. The molecule has 6 N–H and O–H groups in total. The highest BCUT2D eigenvalue weighted by Gasteiger charge is 2.23. The molecule has 1 aromatic carbocycles. The molecule has 0 radical (unpaired) electrons. The van der Waals surface area contributed by atoms with Crippen LogP contribution in [-0.2, 0) is 24.5 Å². The molecule has 1 atom stereocenters. The van der Waals surface area contributed by atoms with Crippen molar-refractivity contribution in [2.24, 2.45) is 0 Å². The molecule has 1 rings (SSSR count). The van der Waals surface area contributed by atoms with Gasteiger partial charge in [0.15, 0.2) is 0 Å². The Bertz CT molecular complexity index is 778. The molecule has 232 valence electrons. The minimum absolute atomic E-state index is 0. The summed E-state index contributed by atoms with van der Waals surface area (Å²) in [7, 11) is -5.37. The van der Waals surface area contributed by atoms with Crippen molar-refractivity contribution in [3.05, 3.63) is 35.9 Å². The van der Waals surface area contributed by atoms with E-state index in [-0.39, 0.29) is 6.15 Å². The minimum atomic E-state index is -5.11. The van der Waals surface area contributed by atoms with E-state index in [0.29, 0.717) is 0 Å². The van der Waals surface area contributed by atoms with Crippen molar-refractivity contribution in [1.29, 1.82) is 0 Å². The first-order valence-corrected chi connectivity index (χ1v) is 17.1. The Balaban J connectivity index is 0. The van der Waals surface area contributed by atoms with Gasteiger partial charge in [-0.2, -0.15) is 0 Å². The van der Waals surface area contributed by atoms with Gasteiger partial charge in [0.2, 0.25) is 0 Å². The molecular formula is C27H56N2O8P2. The van der Waals surface area contributed by atoms with Gasteiger partial charge < -0.3 is 34.9 Å². The highest BCUT2D eigenvalue weighted by atomic mass is 31.3. The summed E-state index contributed by atoms with van der Waals surface area (Å²) in [4.78, 5) is 26.4. The van der Waals surface area contributed by atoms with Crippen molar-refractivity contribution in [3.8, 4) is 0 Å². The van der Waals surface area contributed by atoms with Crippen LogP contribution in [0.25, 0.3) is 0 Å². The molecule has 12 heteroatoms. The molecule has 0 aliphatic carbocycles. The fraction of sp³-hybridized carbons (Fsp3) is 0.778. The molecule has 10 nitrogen and oxygen atoms in total.